The van der Waals surface area contributed by atoms with Crippen molar-refractivity contribution in [2.75, 3.05) is 26.7 Å². The van der Waals surface area contributed by atoms with Gasteiger partial charge in [0.15, 0.2) is 0 Å². The second-order valence-corrected chi connectivity index (χ2v) is 6.33. The van der Waals surface area contributed by atoms with Crippen LogP contribution in [-0.4, -0.2) is 51.3 Å². The number of benzene rings is 1. The van der Waals surface area contributed by atoms with Crippen LogP contribution in [-0.2, 0) is 13.6 Å². The summed E-state index contributed by atoms with van der Waals surface area (Å²) in [5, 5.41) is 7.56. The Labute approximate surface area is 163 Å². The Balaban J connectivity index is 0.00000210. The van der Waals surface area contributed by atoms with Gasteiger partial charge < -0.3 is 19.1 Å². The highest BCUT2D eigenvalue weighted by molar-refractivity contribution is 5.85. The third-order valence-electron chi connectivity index (χ3n) is 4.67. The van der Waals surface area contributed by atoms with Crippen LogP contribution >= 0.6 is 12.4 Å². The summed E-state index contributed by atoms with van der Waals surface area (Å²) in [5.74, 6) is 3.03. The van der Waals surface area contributed by atoms with Gasteiger partial charge in [-0.15, -0.1) is 12.4 Å². The molecule has 144 valence electrons. The summed E-state index contributed by atoms with van der Waals surface area (Å²) in [7, 11) is 3.66. The van der Waals surface area contributed by atoms with E-state index in [9.17, 15) is 0 Å². The summed E-state index contributed by atoms with van der Waals surface area (Å²) in [6.07, 6.45) is 3.80. The maximum Gasteiger partial charge on any atom is 0.241 e. The molecule has 4 rings (SSSR count). The molecule has 0 aliphatic carbocycles. The van der Waals surface area contributed by atoms with Crippen LogP contribution in [0.15, 0.2) is 41.2 Å². The lowest BCUT2D eigenvalue weighted by Gasteiger charge is -2.34. The average molecular weight is 391 g/mol. The number of ether oxygens (including phenoxy) is 1. The smallest absolute Gasteiger partial charge is 0.241 e. The highest BCUT2D eigenvalue weighted by Gasteiger charge is 2.28. The normalized spacial score (nSPS) is 17.5. The van der Waals surface area contributed by atoms with Gasteiger partial charge in [0.1, 0.15) is 11.6 Å². The minimum absolute atomic E-state index is 0. The monoisotopic (exact) mass is 390 g/mol. The van der Waals surface area contributed by atoms with Gasteiger partial charge in [-0.3, -0.25) is 4.90 Å². The van der Waals surface area contributed by atoms with Crippen LogP contribution < -0.4 is 10.1 Å². The number of nitrogens with one attached hydrogen (secondary N) is 1. The zero-order chi connectivity index (χ0) is 17.9. The number of hydrogen-bond donors (Lipinski definition) is 1. The van der Waals surface area contributed by atoms with Crippen molar-refractivity contribution in [1.82, 2.24) is 29.9 Å². The Kier molecular flexibility index (Phi) is 6.10. The van der Waals surface area contributed by atoms with Gasteiger partial charge in [0.05, 0.1) is 19.7 Å². The Hall–Kier alpha value is -2.42. The predicted molar refractivity (Wildman–Crippen MR) is 103 cm³/mol. The Morgan fingerprint density at radius 2 is 2.11 bits per heavy atom. The molecule has 0 radical (unpaired) electrons. The van der Waals surface area contributed by atoms with E-state index in [4.69, 9.17) is 9.26 Å². The van der Waals surface area contributed by atoms with Crippen molar-refractivity contribution < 1.29 is 9.26 Å². The van der Waals surface area contributed by atoms with Crippen LogP contribution in [0.4, 0.5) is 0 Å². The number of piperazine rings is 1. The van der Waals surface area contributed by atoms with Crippen molar-refractivity contribution in [1.29, 1.82) is 0 Å². The van der Waals surface area contributed by atoms with Crippen LogP contribution in [0, 0.1) is 0 Å². The highest BCUT2D eigenvalue weighted by atomic mass is 35.5. The van der Waals surface area contributed by atoms with Crippen molar-refractivity contribution >= 4 is 12.4 Å². The van der Waals surface area contributed by atoms with E-state index in [1.165, 1.54) is 0 Å². The van der Waals surface area contributed by atoms with E-state index in [-0.39, 0.29) is 18.4 Å². The number of hydrogen-bond acceptors (Lipinski definition) is 7. The second-order valence-electron chi connectivity index (χ2n) is 6.33. The first-order valence-corrected chi connectivity index (χ1v) is 8.63. The van der Waals surface area contributed by atoms with Gasteiger partial charge in [0.25, 0.3) is 0 Å². The van der Waals surface area contributed by atoms with Crippen LogP contribution in [0.1, 0.15) is 17.8 Å². The summed E-state index contributed by atoms with van der Waals surface area (Å²) >= 11 is 0. The molecule has 8 nitrogen and oxygen atoms in total. The van der Waals surface area contributed by atoms with Gasteiger partial charge in [-0.1, -0.05) is 5.16 Å². The molecule has 1 aliphatic rings. The van der Waals surface area contributed by atoms with E-state index < -0.39 is 0 Å². The van der Waals surface area contributed by atoms with Crippen molar-refractivity contribution in [2.45, 2.75) is 12.6 Å². The van der Waals surface area contributed by atoms with E-state index in [1.54, 1.807) is 7.11 Å². The first kappa shape index (κ1) is 19.3. The molecule has 0 amide bonds. The lowest BCUT2D eigenvalue weighted by molar-refractivity contribution is 0.128. The largest absolute Gasteiger partial charge is 0.497 e. The number of methoxy groups -OCH3 is 1. The quantitative estimate of drug-likeness (QED) is 0.713. The molecule has 27 heavy (non-hydrogen) atoms. The number of nitrogens with zero attached hydrogens (tertiary/aromatic N) is 5. The first-order valence-electron chi connectivity index (χ1n) is 8.63. The summed E-state index contributed by atoms with van der Waals surface area (Å²) in [6.45, 7) is 3.28. The molecule has 1 aromatic carbocycles. The van der Waals surface area contributed by atoms with Gasteiger partial charge in [0.2, 0.25) is 11.7 Å². The molecule has 0 spiro atoms. The second kappa shape index (κ2) is 8.51. The topological polar surface area (TPSA) is 81.2 Å². The van der Waals surface area contributed by atoms with Crippen molar-refractivity contribution in [3.63, 3.8) is 0 Å². The molecule has 0 saturated carbocycles. The summed E-state index contributed by atoms with van der Waals surface area (Å²) in [5.41, 5.74) is 0.904. The number of imidazole rings is 1. The third kappa shape index (κ3) is 4.13. The van der Waals surface area contributed by atoms with E-state index in [2.05, 4.69) is 29.9 Å². The Morgan fingerprint density at radius 3 is 2.81 bits per heavy atom. The fraction of sp³-hybridized carbons (Fsp3) is 0.389. The van der Waals surface area contributed by atoms with Crippen LogP contribution in [0.3, 0.4) is 0 Å². The zero-order valence-electron chi connectivity index (χ0n) is 15.3. The lowest BCUT2D eigenvalue weighted by Crippen LogP contribution is -2.46. The standard InChI is InChI=1S/C18H22N6O2.ClH/c1-23-9-8-20-18(23)15-11-19-7-10-24(15)12-16-21-17(22-26-16)13-3-5-14(25-2)6-4-13;/h3-6,8-9,15,19H,7,10-12H2,1-2H3;1H. The van der Waals surface area contributed by atoms with Crippen molar-refractivity contribution in [3.8, 4) is 17.1 Å². The van der Waals surface area contributed by atoms with E-state index >= 15 is 0 Å². The number of halogens is 1. The molecule has 3 heterocycles. The van der Waals surface area contributed by atoms with E-state index in [1.807, 2.05) is 43.7 Å². The van der Waals surface area contributed by atoms with Crippen LogP contribution in [0.2, 0.25) is 0 Å². The maximum atomic E-state index is 5.49. The summed E-state index contributed by atoms with van der Waals surface area (Å²) < 4.78 is 12.7. The first-order chi connectivity index (χ1) is 12.7. The minimum atomic E-state index is 0. The molecule has 1 atom stereocenters. The third-order valence-corrected chi connectivity index (χ3v) is 4.67. The summed E-state index contributed by atoms with van der Waals surface area (Å²) in [4.78, 5) is 11.4. The summed E-state index contributed by atoms with van der Waals surface area (Å²) in [6, 6.07) is 7.81. The van der Waals surface area contributed by atoms with Gasteiger partial charge in [-0.25, -0.2) is 4.98 Å². The van der Waals surface area contributed by atoms with Crippen molar-refractivity contribution in [3.05, 3.63) is 48.4 Å². The molecule has 1 unspecified atom stereocenters. The molecule has 0 bridgehead atoms. The molecule has 1 aliphatic heterocycles. The molecule has 1 N–H and O–H groups in total. The van der Waals surface area contributed by atoms with Gasteiger partial charge >= 0.3 is 0 Å². The number of aryl methyl sites for hydroxylation is 1. The lowest BCUT2D eigenvalue weighted by atomic mass is 10.1. The van der Waals surface area contributed by atoms with Crippen LogP contribution in [0.25, 0.3) is 11.4 Å². The predicted octanol–water partition coefficient (Wildman–Crippen LogP) is 2.05. The fourth-order valence-corrected chi connectivity index (χ4v) is 3.24. The van der Waals surface area contributed by atoms with E-state index in [0.717, 1.165) is 36.8 Å². The fourth-order valence-electron chi connectivity index (χ4n) is 3.24. The molecule has 9 heteroatoms. The minimum Gasteiger partial charge on any atom is -0.497 e. The zero-order valence-corrected chi connectivity index (χ0v) is 16.1. The number of aromatic nitrogens is 4. The van der Waals surface area contributed by atoms with Gasteiger partial charge in [0, 0.05) is 44.6 Å². The maximum absolute atomic E-state index is 5.49. The van der Waals surface area contributed by atoms with Gasteiger partial charge in [-0.2, -0.15) is 4.98 Å². The number of rotatable bonds is 5. The molecular formula is C18H23ClN6O2. The SMILES string of the molecule is COc1ccc(-c2noc(CN3CCNCC3c3nccn3C)n2)cc1.Cl. The molecule has 2 aromatic heterocycles. The average Bonchev–Trinajstić information content (AvgIpc) is 3.31. The van der Waals surface area contributed by atoms with Gasteiger partial charge in [-0.05, 0) is 24.3 Å². The molecular weight excluding hydrogens is 368 g/mol. The highest BCUT2D eigenvalue weighted by Crippen LogP contribution is 2.24. The molecule has 1 saturated heterocycles. The van der Waals surface area contributed by atoms with Crippen molar-refractivity contribution in [2.24, 2.45) is 7.05 Å². The molecule has 1 fully saturated rings. The molecule has 3 aromatic rings. The Bertz CT molecular complexity index is 863. The van der Waals surface area contributed by atoms with Crippen LogP contribution in [0.5, 0.6) is 5.75 Å². The van der Waals surface area contributed by atoms with E-state index in [0.29, 0.717) is 18.3 Å². The Morgan fingerprint density at radius 1 is 1.30 bits per heavy atom.